The van der Waals surface area contributed by atoms with E-state index in [1.54, 1.807) is 22.1 Å². The number of amides is 4. The van der Waals surface area contributed by atoms with E-state index >= 15 is 0 Å². The summed E-state index contributed by atoms with van der Waals surface area (Å²) in [5, 5.41) is 6.71. The molecule has 1 atom stereocenters. The number of hydrogen-bond acceptors (Lipinski definition) is 6. The lowest BCUT2D eigenvalue weighted by Crippen LogP contribution is -2.54. The van der Waals surface area contributed by atoms with Gasteiger partial charge in [-0.3, -0.25) is 14.5 Å². The quantitative estimate of drug-likeness (QED) is 0.181. The van der Waals surface area contributed by atoms with Crippen molar-refractivity contribution in [1.82, 2.24) is 15.2 Å². The average Bonchev–Trinajstić information content (AvgIpc) is 3.63. The number of carbonyl (C=O) groups excluding carboxylic acids is 3. The maximum atomic E-state index is 13.7. The Kier molecular flexibility index (Phi) is 7.61. The topological polar surface area (TPSA) is 104 Å². The van der Waals surface area contributed by atoms with Crippen LogP contribution >= 0.6 is 11.3 Å². The molecule has 15 heteroatoms. The monoisotopic (exact) mass is 599 g/mol. The van der Waals surface area contributed by atoms with Crippen LogP contribution in [-0.2, 0) is 4.79 Å². The highest BCUT2D eigenvalue weighted by Gasteiger charge is 2.34. The summed E-state index contributed by atoms with van der Waals surface area (Å²) in [6, 6.07) is 6.94. The second-order valence-corrected chi connectivity index (χ2v) is 12.5. The van der Waals surface area contributed by atoms with Crippen LogP contribution in [0.4, 0.5) is 21.9 Å². The predicted molar refractivity (Wildman–Crippen MR) is 192 cm³/mol. The van der Waals surface area contributed by atoms with Gasteiger partial charge < -0.3 is 20.3 Å². The van der Waals surface area contributed by atoms with Crippen molar-refractivity contribution in [2.45, 2.75) is 19.4 Å². The summed E-state index contributed by atoms with van der Waals surface area (Å²) >= 11 is 1.24. The highest BCUT2D eigenvalue weighted by molar-refractivity contribution is 7.21. The lowest BCUT2D eigenvalue weighted by Gasteiger charge is -2.30. The Labute approximate surface area is 264 Å². The number of aromatic nitrogens is 1. The van der Waals surface area contributed by atoms with Gasteiger partial charge in [-0.1, -0.05) is 28.4 Å². The van der Waals surface area contributed by atoms with E-state index in [1.165, 1.54) is 33.8 Å². The number of likely N-dealkylation sites (tertiary alicyclic amines) is 1. The van der Waals surface area contributed by atoms with Crippen LogP contribution in [0.3, 0.4) is 0 Å². The van der Waals surface area contributed by atoms with Gasteiger partial charge in [-0.05, 0) is 49.2 Å². The van der Waals surface area contributed by atoms with Crippen molar-refractivity contribution in [3.05, 3.63) is 53.6 Å². The number of urea groups is 1. The zero-order valence-electron chi connectivity index (χ0n) is 25.8. The number of hydrogen-bond donors (Lipinski definition) is 2. The van der Waals surface area contributed by atoms with E-state index in [4.69, 9.17) is 4.74 Å². The summed E-state index contributed by atoms with van der Waals surface area (Å²) in [4.78, 5) is 47.9. The van der Waals surface area contributed by atoms with Gasteiger partial charge >= 0.3 is 6.03 Å². The SMILES string of the molecule is Bc1c(B)c(B)c(Oc2ccc(N3C(=O)Nc4c(C(=O)N[C@@H]5CCN(C(=O)C=C)C5)sc5nccc3c45)c(C)c2)c(B)c1B. The van der Waals surface area contributed by atoms with Crippen LogP contribution in [0.2, 0.25) is 0 Å². The lowest BCUT2D eigenvalue weighted by molar-refractivity contribution is -0.125. The molecule has 4 heterocycles. The number of benzene rings is 2. The van der Waals surface area contributed by atoms with Gasteiger partial charge in [0, 0.05) is 25.3 Å². The fourth-order valence-electron chi connectivity index (χ4n) is 6.12. The summed E-state index contributed by atoms with van der Waals surface area (Å²) in [6.45, 7) is 6.46. The minimum absolute atomic E-state index is 0.152. The number of pyridine rings is 1. The first kappa shape index (κ1) is 29.7. The summed E-state index contributed by atoms with van der Waals surface area (Å²) in [5.41, 5.74) is 8.61. The zero-order valence-corrected chi connectivity index (χ0v) is 26.6. The van der Waals surface area contributed by atoms with Gasteiger partial charge in [0.1, 0.15) is 60.4 Å². The number of carbonyl (C=O) groups is 3. The highest BCUT2D eigenvalue weighted by Crippen LogP contribution is 2.46. The molecule has 4 aromatic rings. The number of anilines is 3. The molecule has 1 saturated heterocycles. The van der Waals surface area contributed by atoms with E-state index in [0.29, 0.717) is 57.4 Å². The number of aryl methyl sites for hydroxylation is 1. The third kappa shape index (κ3) is 4.89. The standard InChI is InChI=1S/C29H30B5N5O4S/c1-3-17(40)38-9-7-13(11-38)36-27(41)26-24-18-16(6-8-35-28(18)44-26)39(29(42)37-24)15-5-4-14(10-12(15)2)43-25-22(33)20(31)19(30)21(32)23(25)34/h3-6,8,10,13H,1,7,9,11,30-34H2,2H3,(H,36,41)(H,37,42)/t13-/m1/s1. The number of thiophene rings is 1. The molecule has 2 aromatic heterocycles. The Hall–Kier alpha value is -4.38. The van der Waals surface area contributed by atoms with Gasteiger partial charge in [-0.15, -0.1) is 16.8 Å². The molecule has 0 radical (unpaired) electrons. The van der Waals surface area contributed by atoms with Crippen LogP contribution in [-0.4, -0.2) is 86.1 Å². The fraction of sp³-hybridized carbons (Fsp3) is 0.172. The molecule has 2 aliphatic rings. The first-order chi connectivity index (χ1) is 21.0. The average molecular weight is 599 g/mol. The number of rotatable bonds is 6. The third-order valence-corrected chi connectivity index (χ3v) is 10.1. The highest BCUT2D eigenvalue weighted by atomic mass is 32.1. The second-order valence-electron chi connectivity index (χ2n) is 11.5. The van der Waals surface area contributed by atoms with Crippen LogP contribution in [0.1, 0.15) is 21.7 Å². The second kappa shape index (κ2) is 11.3. The molecule has 2 aromatic carbocycles. The first-order valence-electron chi connectivity index (χ1n) is 14.6. The first-order valence-corrected chi connectivity index (χ1v) is 15.4. The van der Waals surface area contributed by atoms with Gasteiger partial charge in [0.25, 0.3) is 5.91 Å². The normalized spacial score (nSPS) is 15.8. The van der Waals surface area contributed by atoms with Crippen molar-refractivity contribution >= 4 is 123 Å². The van der Waals surface area contributed by atoms with E-state index in [1.807, 2.05) is 25.1 Å². The molecule has 2 aliphatic heterocycles. The lowest BCUT2D eigenvalue weighted by atomic mass is 9.62. The van der Waals surface area contributed by atoms with Gasteiger partial charge in [0.05, 0.1) is 22.4 Å². The molecular formula is C29H30B5N5O4S. The number of nitrogens with zero attached hydrogens (tertiary/aromatic N) is 3. The molecular weight excluding hydrogens is 568 g/mol. The molecule has 9 nitrogen and oxygen atoms in total. The van der Waals surface area contributed by atoms with Crippen molar-refractivity contribution in [2.24, 2.45) is 0 Å². The van der Waals surface area contributed by atoms with Gasteiger partial charge in [0.15, 0.2) is 0 Å². The summed E-state index contributed by atoms with van der Waals surface area (Å²) in [6.07, 6.45) is 3.59. The molecule has 2 N–H and O–H groups in total. The number of nitrogens with one attached hydrogen (secondary N) is 2. The van der Waals surface area contributed by atoms with Crippen LogP contribution in [0.25, 0.3) is 10.2 Å². The van der Waals surface area contributed by atoms with Crippen molar-refractivity contribution in [3.63, 3.8) is 0 Å². The largest absolute Gasteiger partial charge is 0.459 e. The zero-order chi connectivity index (χ0) is 31.4. The molecule has 6 rings (SSSR count). The summed E-state index contributed by atoms with van der Waals surface area (Å²) in [5.74, 6) is 1.09. The molecule has 0 bridgehead atoms. The predicted octanol–water partition coefficient (Wildman–Crippen LogP) is -3.11. The Balaban J connectivity index is 1.30. The molecule has 216 valence electrons. The van der Waals surface area contributed by atoms with E-state index in [0.717, 1.165) is 22.2 Å². The molecule has 4 amide bonds. The van der Waals surface area contributed by atoms with Crippen molar-refractivity contribution in [3.8, 4) is 11.5 Å². The Morgan fingerprint density at radius 1 is 1.09 bits per heavy atom. The molecule has 0 aliphatic carbocycles. The van der Waals surface area contributed by atoms with Crippen molar-refractivity contribution in [2.75, 3.05) is 23.3 Å². The maximum absolute atomic E-state index is 13.7. The smallest absolute Gasteiger partial charge is 0.331 e. The van der Waals surface area contributed by atoms with Crippen LogP contribution < -0.4 is 47.6 Å². The van der Waals surface area contributed by atoms with E-state index in [2.05, 4.69) is 61.4 Å². The maximum Gasteiger partial charge on any atom is 0.331 e. The molecule has 1 fully saturated rings. The Morgan fingerprint density at radius 3 is 2.48 bits per heavy atom. The van der Waals surface area contributed by atoms with Gasteiger partial charge in [-0.25, -0.2) is 9.78 Å². The van der Waals surface area contributed by atoms with E-state index < -0.39 is 0 Å². The Bertz CT molecular complexity index is 1890. The Morgan fingerprint density at radius 2 is 1.80 bits per heavy atom. The summed E-state index contributed by atoms with van der Waals surface area (Å²) in [7, 11) is 10.5. The minimum atomic E-state index is -0.366. The summed E-state index contributed by atoms with van der Waals surface area (Å²) < 4.78 is 6.43. The molecule has 0 saturated carbocycles. The van der Waals surface area contributed by atoms with Crippen molar-refractivity contribution < 1.29 is 19.1 Å². The van der Waals surface area contributed by atoms with Crippen LogP contribution in [0.5, 0.6) is 11.5 Å². The minimum Gasteiger partial charge on any atom is -0.459 e. The molecule has 44 heavy (non-hydrogen) atoms. The van der Waals surface area contributed by atoms with Crippen LogP contribution in [0, 0.1) is 6.92 Å². The van der Waals surface area contributed by atoms with Crippen molar-refractivity contribution in [1.29, 1.82) is 0 Å². The van der Waals surface area contributed by atoms with E-state index in [9.17, 15) is 14.4 Å². The van der Waals surface area contributed by atoms with Gasteiger partial charge in [-0.2, -0.15) is 0 Å². The molecule has 0 unspecified atom stereocenters. The van der Waals surface area contributed by atoms with Crippen LogP contribution in [0.15, 0.2) is 43.1 Å². The number of ether oxygens (including phenoxy) is 1. The van der Waals surface area contributed by atoms with E-state index in [-0.39, 0.29) is 23.9 Å². The third-order valence-electron chi connectivity index (χ3n) is 9.02. The molecule has 0 spiro atoms. The fourth-order valence-corrected chi connectivity index (χ4v) is 7.14. The van der Waals surface area contributed by atoms with Gasteiger partial charge in [0.2, 0.25) is 5.91 Å².